The van der Waals surface area contributed by atoms with Crippen LogP contribution in [0.25, 0.3) is 0 Å². The first-order chi connectivity index (χ1) is 8.18. The Hall–Kier alpha value is -1.67. The first-order valence-corrected chi connectivity index (χ1v) is 6.45. The average Bonchev–Trinajstić information content (AvgIpc) is 2.80. The lowest BCUT2D eigenvalue weighted by atomic mass is 10.2. The summed E-state index contributed by atoms with van der Waals surface area (Å²) < 4.78 is 0.816. The number of hydrogen-bond donors (Lipinski definition) is 1. The van der Waals surface area contributed by atoms with Gasteiger partial charge in [-0.1, -0.05) is 35.2 Å². The number of para-hydroxylation sites is 1. The second kappa shape index (κ2) is 5.11. The summed E-state index contributed by atoms with van der Waals surface area (Å²) in [6, 6.07) is 4.80. The second-order valence-corrected chi connectivity index (χ2v) is 5.16. The highest BCUT2D eigenvalue weighted by molar-refractivity contribution is 8.00. The highest BCUT2D eigenvalue weighted by atomic mass is 32.2. The van der Waals surface area contributed by atoms with Crippen LogP contribution in [0.1, 0.15) is 5.56 Å². The molecule has 88 valence electrons. The number of nitrogens with two attached hydrogens (primary N) is 1. The summed E-state index contributed by atoms with van der Waals surface area (Å²) in [6.07, 6.45) is 0. The minimum Gasteiger partial charge on any atom is -0.393 e. The van der Waals surface area contributed by atoms with E-state index in [1.807, 2.05) is 0 Å². The quantitative estimate of drug-likeness (QED) is 0.396. The maximum Gasteiger partial charge on any atom is 0.292 e. The van der Waals surface area contributed by atoms with Crippen LogP contribution in [0.3, 0.4) is 0 Å². The Bertz CT molecular complexity index is 530. The fourth-order valence-electron chi connectivity index (χ4n) is 1.25. The highest BCUT2D eigenvalue weighted by Gasteiger charge is 2.14. The highest BCUT2D eigenvalue weighted by Crippen LogP contribution is 2.30. The number of rotatable bonds is 4. The van der Waals surface area contributed by atoms with Crippen LogP contribution in [0.5, 0.6) is 0 Å². The van der Waals surface area contributed by atoms with Crippen LogP contribution in [-0.4, -0.2) is 15.1 Å². The van der Waals surface area contributed by atoms with Gasteiger partial charge in [0.1, 0.15) is 11.2 Å². The third kappa shape index (κ3) is 2.71. The Balaban J connectivity index is 2.16. The van der Waals surface area contributed by atoms with Crippen LogP contribution in [-0.2, 0) is 5.75 Å². The smallest absolute Gasteiger partial charge is 0.292 e. The zero-order valence-electron chi connectivity index (χ0n) is 8.57. The van der Waals surface area contributed by atoms with E-state index in [1.54, 1.807) is 17.6 Å². The minimum absolute atomic E-state index is 0.0552. The molecule has 0 radical (unpaired) electrons. The number of nitrogens with zero attached hydrogens (tertiary/aromatic N) is 3. The van der Waals surface area contributed by atoms with E-state index in [0.717, 1.165) is 9.90 Å². The van der Waals surface area contributed by atoms with E-state index < -0.39 is 4.92 Å². The molecule has 0 aliphatic heterocycles. The van der Waals surface area contributed by atoms with Gasteiger partial charge in [-0.3, -0.25) is 10.1 Å². The zero-order valence-corrected chi connectivity index (χ0v) is 10.2. The lowest BCUT2D eigenvalue weighted by molar-refractivity contribution is -0.383. The van der Waals surface area contributed by atoms with Crippen molar-refractivity contribution in [2.45, 2.75) is 10.1 Å². The maximum absolute atomic E-state index is 10.7. The molecule has 0 saturated carbocycles. The molecule has 0 spiro atoms. The summed E-state index contributed by atoms with van der Waals surface area (Å²) in [5.41, 5.74) is 8.27. The van der Waals surface area contributed by atoms with Gasteiger partial charge in [-0.15, -0.1) is 10.2 Å². The number of anilines is 1. The molecule has 2 rings (SSSR count). The van der Waals surface area contributed by atoms with Crippen molar-refractivity contribution in [2.24, 2.45) is 0 Å². The molecule has 1 aromatic carbocycles. The Morgan fingerprint density at radius 3 is 3.00 bits per heavy atom. The zero-order chi connectivity index (χ0) is 12.3. The van der Waals surface area contributed by atoms with Crippen LogP contribution >= 0.6 is 23.1 Å². The van der Waals surface area contributed by atoms with Gasteiger partial charge in [0.05, 0.1) is 4.92 Å². The molecule has 6 nitrogen and oxygen atoms in total. The van der Waals surface area contributed by atoms with Gasteiger partial charge in [-0.05, 0) is 5.56 Å². The molecule has 0 saturated heterocycles. The van der Waals surface area contributed by atoms with E-state index in [2.05, 4.69) is 10.2 Å². The van der Waals surface area contributed by atoms with Crippen molar-refractivity contribution >= 4 is 34.5 Å². The molecule has 2 N–H and O–H groups in total. The summed E-state index contributed by atoms with van der Waals surface area (Å²) in [4.78, 5) is 10.2. The van der Waals surface area contributed by atoms with E-state index in [0.29, 0.717) is 5.75 Å². The second-order valence-electron chi connectivity index (χ2n) is 3.10. The van der Waals surface area contributed by atoms with Crippen molar-refractivity contribution in [1.82, 2.24) is 10.2 Å². The van der Waals surface area contributed by atoms with Gasteiger partial charge in [0.15, 0.2) is 4.34 Å². The van der Waals surface area contributed by atoms with E-state index in [-0.39, 0.29) is 11.4 Å². The van der Waals surface area contributed by atoms with Crippen LogP contribution in [0.2, 0.25) is 0 Å². The number of hydrogen-bond acceptors (Lipinski definition) is 7. The van der Waals surface area contributed by atoms with E-state index >= 15 is 0 Å². The molecule has 1 aromatic heterocycles. The topological polar surface area (TPSA) is 94.9 Å². The Morgan fingerprint density at radius 1 is 1.53 bits per heavy atom. The van der Waals surface area contributed by atoms with Crippen molar-refractivity contribution < 1.29 is 4.92 Å². The molecule has 0 bridgehead atoms. The fraction of sp³-hybridized carbons (Fsp3) is 0.111. The summed E-state index contributed by atoms with van der Waals surface area (Å²) >= 11 is 2.88. The maximum atomic E-state index is 10.7. The number of benzene rings is 1. The summed E-state index contributed by atoms with van der Waals surface area (Å²) in [5, 5.41) is 18.3. The van der Waals surface area contributed by atoms with Crippen LogP contribution in [0, 0.1) is 10.1 Å². The fourth-order valence-corrected chi connectivity index (χ4v) is 2.74. The number of nitro benzene ring substituents is 1. The standard InChI is InChI=1S/C9H8N4O2S2/c10-8-6(2-1-3-7(8)13(14)15)4-16-9-12-11-5-17-9/h1-3,5H,4,10H2. The van der Waals surface area contributed by atoms with E-state index in [4.69, 9.17) is 5.73 Å². The lowest BCUT2D eigenvalue weighted by Gasteiger charge is -2.04. The van der Waals surface area contributed by atoms with Crippen molar-refractivity contribution in [3.05, 3.63) is 39.4 Å². The van der Waals surface area contributed by atoms with Gasteiger partial charge in [-0.2, -0.15) is 0 Å². The van der Waals surface area contributed by atoms with Gasteiger partial charge in [0.25, 0.3) is 5.69 Å². The van der Waals surface area contributed by atoms with Crippen molar-refractivity contribution in [3.63, 3.8) is 0 Å². The first-order valence-electron chi connectivity index (χ1n) is 4.59. The summed E-state index contributed by atoms with van der Waals surface area (Å²) in [7, 11) is 0. The monoisotopic (exact) mass is 268 g/mol. The molecule has 0 fully saturated rings. The van der Waals surface area contributed by atoms with E-state index in [1.165, 1.54) is 29.2 Å². The first kappa shape index (κ1) is 11.8. The summed E-state index contributed by atoms with van der Waals surface area (Å²) in [6.45, 7) is 0. The molecule has 0 amide bonds. The summed E-state index contributed by atoms with van der Waals surface area (Å²) in [5.74, 6) is 0.544. The van der Waals surface area contributed by atoms with E-state index in [9.17, 15) is 10.1 Å². The third-order valence-electron chi connectivity index (χ3n) is 2.06. The number of aromatic nitrogens is 2. The molecule has 0 unspecified atom stereocenters. The molecule has 0 aliphatic rings. The molecule has 0 atom stereocenters. The lowest BCUT2D eigenvalue weighted by Crippen LogP contribution is -1.99. The van der Waals surface area contributed by atoms with Crippen molar-refractivity contribution in [2.75, 3.05) is 5.73 Å². The van der Waals surface area contributed by atoms with Gasteiger partial charge < -0.3 is 5.73 Å². The number of thioether (sulfide) groups is 1. The van der Waals surface area contributed by atoms with Crippen LogP contribution < -0.4 is 5.73 Å². The van der Waals surface area contributed by atoms with Crippen LogP contribution in [0.15, 0.2) is 28.0 Å². The van der Waals surface area contributed by atoms with Gasteiger partial charge in [-0.25, -0.2) is 0 Å². The number of nitrogen functional groups attached to an aromatic ring is 1. The van der Waals surface area contributed by atoms with Gasteiger partial charge >= 0.3 is 0 Å². The molecule has 17 heavy (non-hydrogen) atoms. The minimum atomic E-state index is -0.478. The predicted molar refractivity (Wildman–Crippen MR) is 67.0 cm³/mol. The largest absolute Gasteiger partial charge is 0.393 e. The normalized spacial score (nSPS) is 10.4. The van der Waals surface area contributed by atoms with Gasteiger partial charge in [0, 0.05) is 11.8 Å². The molecular weight excluding hydrogens is 260 g/mol. The molecule has 0 aliphatic carbocycles. The van der Waals surface area contributed by atoms with Crippen molar-refractivity contribution in [3.8, 4) is 0 Å². The van der Waals surface area contributed by atoms with Crippen LogP contribution in [0.4, 0.5) is 11.4 Å². The van der Waals surface area contributed by atoms with Gasteiger partial charge in [0.2, 0.25) is 0 Å². The molecule has 8 heteroatoms. The SMILES string of the molecule is Nc1c(CSc2nncs2)cccc1[N+](=O)[O-]. The Morgan fingerprint density at radius 2 is 2.35 bits per heavy atom. The molecule has 2 aromatic rings. The Labute approximate surface area is 105 Å². The van der Waals surface area contributed by atoms with Crippen molar-refractivity contribution in [1.29, 1.82) is 0 Å². The predicted octanol–water partition coefficient (Wildman–Crippen LogP) is 2.32. The molecular formula is C9H8N4O2S2. The third-order valence-corrected chi connectivity index (χ3v) is 3.97. The molecule has 1 heterocycles. The number of nitro groups is 1. The average molecular weight is 268 g/mol. The Kier molecular flexibility index (Phi) is 3.55.